The molecule has 0 heterocycles. The van der Waals surface area contributed by atoms with Crippen molar-refractivity contribution in [2.75, 3.05) is 11.5 Å². The van der Waals surface area contributed by atoms with E-state index in [0.29, 0.717) is 0 Å². The second-order valence-corrected chi connectivity index (χ2v) is 7.66. The highest BCUT2D eigenvalue weighted by Gasteiger charge is 2.16. The predicted molar refractivity (Wildman–Crippen MR) is 90.3 cm³/mol. The van der Waals surface area contributed by atoms with Gasteiger partial charge in [0.2, 0.25) is 0 Å². The van der Waals surface area contributed by atoms with E-state index in [2.05, 4.69) is 0 Å². The van der Waals surface area contributed by atoms with Gasteiger partial charge >= 0.3 is 0 Å². The third kappa shape index (κ3) is 4.11. The van der Waals surface area contributed by atoms with E-state index in [1.165, 1.54) is 36.4 Å². The van der Waals surface area contributed by atoms with Crippen LogP contribution in [0.1, 0.15) is 11.1 Å². The van der Waals surface area contributed by atoms with Gasteiger partial charge in [-0.3, -0.25) is 9.11 Å². The summed E-state index contributed by atoms with van der Waals surface area (Å²) in [6, 6.07) is 7.67. The molecule has 0 bridgehead atoms. The van der Waals surface area contributed by atoms with Crippen LogP contribution in [0.5, 0.6) is 0 Å². The molecule has 0 fully saturated rings. The molecule has 2 rings (SSSR count). The predicted octanol–water partition coefficient (Wildman–Crippen LogP) is 1.51. The number of hydrogen-bond acceptors (Lipinski definition) is 6. The number of hydrogen-bond donors (Lipinski definition) is 4. The molecule has 0 saturated carbocycles. The minimum Gasteiger partial charge on any atom is -0.399 e. The number of rotatable bonds is 4. The smallest absolute Gasteiger partial charge is 0.295 e. The standard InChI is InChI=1S/C14H14N2O6S2/c15-11-5-3-9(13(7-11)23(17,18)19)1-2-10-4-6-12(16)8-14(10)24(20,21)22/h1-8H,15-16H2,(H,17,18,19)(H,20,21,22). The SMILES string of the molecule is Nc1ccc(C=Cc2ccc(N)cc2S(=O)(=O)O)c(S(=O)(=O)O)c1. The zero-order valence-electron chi connectivity index (χ0n) is 12.1. The van der Waals surface area contributed by atoms with Gasteiger partial charge in [0.15, 0.2) is 0 Å². The van der Waals surface area contributed by atoms with Crippen LogP contribution < -0.4 is 11.5 Å². The molecule has 0 amide bonds. The zero-order chi connectivity index (χ0) is 18.1. The Morgan fingerprint density at radius 2 is 1.04 bits per heavy atom. The molecule has 0 spiro atoms. The maximum Gasteiger partial charge on any atom is 0.295 e. The third-order valence-electron chi connectivity index (χ3n) is 3.07. The lowest BCUT2D eigenvalue weighted by Gasteiger charge is -2.06. The quantitative estimate of drug-likeness (QED) is 0.358. The summed E-state index contributed by atoms with van der Waals surface area (Å²) in [6.07, 6.45) is 2.53. The maximum absolute atomic E-state index is 11.4. The summed E-state index contributed by atoms with van der Waals surface area (Å²) in [5, 5.41) is 0. The highest BCUT2D eigenvalue weighted by atomic mass is 32.2. The number of nitrogen functional groups attached to an aromatic ring is 2. The molecule has 128 valence electrons. The van der Waals surface area contributed by atoms with Gasteiger partial charge in [0, 0.05) is 11.4 Å². The number of nitrogens with two attached hydrogens (primary N) is 2. The van der Waals surface area contributed by atoms with Crippen molar-refractivity contribution in [2.45, 2.75) is 9.79 Å². The minimum atomic E-state index is -4.52. The van der Waals surface area contributed by atoms with E-state index in [-0.39, 0.29) is 22.5 Å². The Balaban J connectivity index is 2.59. The summed E-state index contributed by atoms with van der Waals surface area (Å²) in [4.78, 5) is -0.856. The van der Waals surface area contributed by atoms with E-state index < -0.39 is 30.0 Å². The Bertz CT molecular complexity index is 944. The van der Waals surface area contributed by atoms with Crippen molar-refractivity contribution >= 4 is 43.8 Å². The third-order valence-corrected chi connectivity index (χ3v) is 4.89. The Kier molecular flexibility index (Phi) is 4.67. The average molecular weight is 370 g/mol. The van der Waals surface area contributed by atoms with Crippen molar-refractivity contribution < 1.29 is 25.9 Å². The molecule has 0 aliphatic carbocycles. The maximum atomic E-state index is 11.4. The summed E-state index contributed by atoms with van der Waals surface area (Å²) in [7, 11) is -9.05. The van der Waals surface area contributed by atoms with Crippen LogP contribution in [-0.4, -0.2) is 25.9 Å². The van der Waals surface area contributed by atoms with Crippen molar-refractivity contribution in [1.82, 2.24) is 0 Å². The van der Waals surface area contributed by atoms with E-state index in [1.807, 2.05) is 0 Å². The molecule has 0 unspecified atom stereocenters. The summed E-state index contributed by atoms with van der Waals surface area (Å²) < 4.78 is 64.1. The van der Waals surface area contributed by atoms with Crippen molar-refractivity contribution in [1.29, 1.82) is 0 Å². The van der Waals surface area contributed by atoms with Gasteiger partial charge in [-0.25, -0.2) is 0 Å². The second-order valence-electron chi connectivity index (χ2n) is 4.88. The molecule has 2 aromatic carbocycles. The Morgan fingerprint density at radius 1 is 0.708 bits per heavy atom. The van der Waals surface area contributed by atoms with E-state index in [0.717, 1.165) is 12.1 Å². The lowest BCUT2D eigenvalue weighted by Crippen LogP contribution is -2.03. The molecule has 8 nitrogen and oxygen atoms in total. The Morgan fingerprint density at radius 3 is 1.33 bits per heavy atom. The topological polar surface area (TPSA) is 161 Å². The van der Waals surface area contributed by atoms with Crippen LogP contribution in [0.3, 0.4) is 0 Å². The average Bonchev–Trinajstić information content (AvgIpc) is 2.45. The van der Waals surface area contributed by atoms with Gasteiger partial charge in [0.25, 0.3) is 20.2 Å². The van der Waals surface area contributed by atoms with Crippen LogP contribution in [0.2, 0.25) is 0 Å². The molecule has 0 radical (unpaired) electrons. The number of benzene rings is 2. The first-order valence-corrected chi connectivity index (χ1v) is 9.28. The minimum absolute atomic E-state index is 0.0878. The van der Waals surface area contributed by atoms with Gasteiger partial charge in [0.1, 0.15) is 9.79 Å². The normalized spacial score (nSPS) is 12.6. The van der Waals surface area contributed by atoms with Crippen molar-refractivity contribution in [3.63, 3.8) is 0 Å². The molecule has 6 N–H and O–H groups in total. The summed E-state index contributed by atoms with van der Waals surface area (Å²) in [5.74, 6) is 0. The summed E-state index contributed by atoms with van der Waals surface area (Å²) >= 11 is 0. The lowest BCUT2D eigenvalue weighted by molar-refractivity contribution is 0.480. The first-order chi connectivity index (χ1) is 11.0. The molecule has 24 heavy (non-hydrogen) atoms. The van der Waals surface area contributed by atoms with Crippen LogP contribution >= 0.6 is 0 Å². The lowest BCUT2D eigenvalue weighted by atomic mass is 10.1. The molecule has 0 aliphatic rings. The van der Waals surface area contributed by atoms with Crippen molar-refractivity contribution in [3.8, 4) is 0 Å². The van der Waals surface area contributed by atoms with E-state index >= 15 is 0 Å². The van der Waals surface area contributed by atoms with Crippen molar-refractivity contribution in [2.24, 2.45) is 0 Å². The fourth-order valence-corrected chi connectivity index (χ4v) is 3.44. The van der Waals surface area contributed by atoms with Gasteiger partial charge in [-0.2, -0.15) is 16.8 Å². The number of anilines is 2. The van der Waals surface area contributed by atoms with Crippen molar-refractivity contribution in [3.05, 3.63) is 47.5 Å². The molecule has 0 aliphatic heterocycles. The summed E-state index contributed by atoms with van der Waals surface area (Å²) in [6.45, 7) is 0. The highest BCUT2D eigenvalue weighted by Crippen LogP contribution is 2.24. The second kappa shape index (κ2) is 6.24. The van der Waals surface area contributed by atoms with Crippen LogP contribution in [0.25, 0.3) is 12.2 Å². The molecule has 0 saturated heterocycles. The van der Waals surface area contributed by atoms with E-state index in [9.17, 15) is 25.9 Å². The van der Waals surface area contributed by atoms with Gasteiger partial charge in [-0.1, -0.05) is 24.3 Å². The molecule has 10 heteroatoms. The fourth-order valence-electron chi connectivity index (χ4n) is 2.00. The Hall–Kier alpha value is -2.40. The molecular weight excluding hydrogens is 356 g/mol. The van der Waals surface area contributed by atoms with Crippen LogP contribution in [-0.2, 0) is 20.2 Å². The van der Waals surface area contributed by atoms with Crippen LogP contribution in [0.15, 0.2) is 46.2 Å². The first-order valence-electron chi connectivity index (χ1n) is 6.40. The molecule has 0 atom stereocenters. The highest BCUT2D eigenvalue weighted by molar-refractivity contribution is 7.86. The monoisotopic (exact) mass is 370 g/mol. The van der Waals surface area contributed by atoms with Gasteiger partial charge in [0.05, 0.1) is 0 Å². The largest absolute Gasteiger partial charge is 0.399 e. The Labute approximate surface area is 138 Å². The van der Waals surface area contributed by atoms with E-state index in [4.69, 9.17) is 11.5 Å². The van der Waals surface area contributed by atoms with Crippen LogP contribution in [0, 0.1) is 0 Å². The van der Waals surface area contributed by atoms with E-state index in [1.54, 1.807) is 0 Å². The molecule has 2 aromatic rings. The van der Waals surface area contributed by atoms with Gasteiger partial charge in [-0.05, 0) is 35.4 Å². The molecule has 0 aromatic heterocycles. The molecular formula is C14H14N2O6S2. The summed E-state index contributed by atoms with van der Waals surface area (Å²) in [5.41, 5.74) is 11.4. The van der Waals surface area contributed by atoms with Gasteiger partial charge < -0.3 is 11.5 Å². The first kappa shape index (κ1) is 17.9. The fraction of sp³-hybridized carbons (Fsp3) is 0. The van der Waals surface area contributed by atoms with Gasteiger partial charge in [-0.15, -0.1) is 0 Å². The zero-order valence-corrected chi connectivity index (χ0v) is 13.8. The van der Waals surface area contributed by atoms with Crippen LogP contribution in [0.4, 0.5) is 11.4 Å².